The minimum Gasteiger partial charge on any atom is -0.464 e. The molecule has 0 fully saturated rings. The summed E-state index contributed by atoms with van der Waals surface area (Å²) in [7, 11) is 1.62. The molecule has 0 spiro atoms. The molecule has 2 amide bonds. The standard InChI is InChI=1S/C45H81N3O5/c1-5-7-9-11-13-15-17-19-21-23-25-27-29-31-33-35-37-53-45(51)42(48-44(50)40-46-38-41(3)52-4)39-47-43(49)36-34-32-30-28-26-24-22-20-18-16-14-12-10-8-6-2/h13-16,19-22,41-42,46H,5-12,17-18,23-40H2,1-4H3,(H,47,49)(H,48,50)/b15-13-,16-14-,21-19-,22-20-/t41-,42?/m1/s1. The lowest BCUT2D eigenvalue weighted by Gasteiger charge is -2.19. The summed E-state index contributed by atoms with van der Waals surface area (Å²) in [5.41, 5.74) is 0. The Hall–Kier alpha value is -2.71. The fraction of sp³-hybridized carbons (Fsp3) is 0.756. The minimum atomic E-state index is -0.928. The molecule has 2 atom stereocenters. The zero-order chi connectivity index (χ0) is 38.9. The molecule has 0 aromatic rings. The zero-order valence-electron chi connectivity index (χ0n) is 34.6. The van der Waals surface area contributed by atoms with Crippen molar-refractivity contribution < 1.29 is 23.9 Å². The van der Waals surface area contributed by atoms with E-state index in [2.05, 4.69) is 78.4 Å². The Labute approximate surface area is 325 Å². The molecule has 0 aromatic carbocycles. The monoisotopic (exact) mass is 744 g/mol. The largest absolute Gasteiger partial charge is 0.464 e. The second-order valence-electron chi connectivity index (χ2n) is 14.3. The Kier molecular flexibility index (Phi) is 38.4. The van der Waals surface area contributed by atoms with Crippen LogP contribution in [0.1, 0.15) is 175 Å². The molecule has 0 aliphatic carbocycles. The smallest absolute Gasteiger partial charge is 0.330 e. The normalized spacial score (nSPS) is 13.1. The second-order valence-corrected chi connectivity index (χ2v) is 14.3. The predicted molar refractivity (Wildman–Crippen MR) is 224 cm³/mol. The number of hydrogen-bond acceptors (Lipinski definition) is 6. The van der Waals surface area contributed by atoms with Crippen LogP contribution in [0.25, 0.3) is 0 Å². The molecule has 0 aliphatic heterocycles. The third kappa shape index (κ3) is 37.4. The van der Waals surface area contributed by atoms with Crippen molar-refractivity contribution >= 4 is 17.8 Å². The highest BCUT2D eigenvalue weighted by Gasteiger charge is 2.23. The molecule has 306 valence electrons. The van der Waals surface area contributed by atoms with Crippen LogP contribution >= 0.6 is 0 Å². The third-order valence-electron chi connectivity index (χ3n) is 9.19. The molecule has 8 heteroatoms. The Balaban J connectivity index is 4.27. The SMILES string of the molecule is CCCCC/C=C\C/C=C\CCCCCCCCOC(=O)C(CNC(=O)CCCCCCC/C=C\C/C=C\CCCCC)NC(=O)CNC[C@@H](C)OC. The Morgan fingerprint density at radius 2 is 1.04 bits per heavy atom. The van der Waals surface area contributed by atoms with Crippen LogP contribution < -0.4 is 16.0 Å². The van der Waals surface area contributed by atoms with E-state index < -0.39 is 12.0 Å². The number of allylic oxidation sites excluding steroid dienone is 8. The van der Waals surface area contributed by atoms with Gasteiger partial charge in [-0.1, -0.05) is 133 Å². The van der Waals surface area contributed by atoms with E-state index in [1.165, 1.54) is 77.0 Å². The van der Waals surface area contributed by atoms with Crippen LogP contribution in [-0.2, 0) is 23.9 Å². The van der Waals surface area contributed by atoms with Gasteiger partial charge in [-0.25, -0.2) is 4.79 Å². The molecular formula is C45H81N3O5. The maximum atomic E-state index is 12.9. The van der Waals surface area contributed by atoms with Gasteiger partial charge in [-0.05, 0) is 84.0 Å². The van der Waals surface area contributed by atoms with Gasteiger partial charge in [-0.15, -0.1) is 0 Å². The first-order valence-corrected chi connectivity index (χ1v) is 21.5. The van der Waals surface area contributed by atoms with Gasteiger partial charge in [0.25, 0.3) is 0 Å². The molecule has 8 nitrogen and oxygen atoms in total. The van der Waals surface area contributed by atoms with E-state index in [1.807, 2.05) is 6.92 Å². The van der Waals surface area contributed by atoms with Crippen LogP contribution in [0.3, 0.4) is 0 Å². The van der Waals surface area contributed by atoms with Gasteiger partial charge >= 0.3 is 5.97 Å². The van der Waals surface area contributed by atoms with Gasteiger partial charge in [0.15, 0.2) is 0 Å². The number of rotatable bonds is 38. The Bertz CT molecular complexity index is 977. The van der Waals surface area contributed by atoms with Crippen molar-refractivity contribution in [2.24, 2.45) is 0 Å². The summed E-state index contributed by atoms with van der Waals surface area (Å²) in [6, 6.07) is -0.928. The van der Waals surface area contributed by atoms with E-state index in [1.54, 1.807) is 7.11 Å². The first kappa shape index (κ1) is 50.3. The van der Waals surface area contributed by atoms with E-state index >= 15 is 0 Å². The number of unbranched alkanes of at least 4 members (excludes halogenated alkanes) is 17. The van der Waals surface area contributed by atoms with Gasteiger partial charge < -0.3 is 25.4 Å². The summed E-state index contributed by atoms with van der Waals surface area (Å²) in [6.07, 6.45) is 44.7. The number of methoxy groups -OCH3 is 1. The van der Waals surface area contributed by atoms with Crippen LogP contribution in [-0.4, -0.2) is 63.3 Å². The quantitative estimate of drug-likeness (QED) is 0.0330. The average molecular weight is 744 g/mol. The summed E-state index contributed by atoms with van der Waals surface area (Å²) in [5.74, 6) is -0.949. The molecule has 53 heavy (non-hydrogen) atoms. The lowest BCUT2D eigenvalue weighted by atomic mass is 10.1. The molecule has 0 aromatic heterocycles. The summed E-state index contributed by atoms with van der Waals surface area (Å²) >= 11 is 0. The van der Waals surface area contributed by atoms with Crippen LogP contribution in [0.4, 0.5) is 0 Å². The molecule has 3 N–H and O–H groups in total. The lowest BCUT2D eigenvalue weighted by molar-refractivity contribution is -0.148. The maximum Gasteiger partial charge on any atom is 0.330 e. The van der Waals surface area contributed by atoms with Crippen LogP contribution in [0.15, 0.2) is 48.6 Å². The minimum absolute atomic E-state index is 0.0157. The van der Waals surface area contributed by atoms with Crippen LogP contribution in [0, 0.1) is 0 Å². The third-order valence-corrected chi connectivity index (χ3v) is 9.19. The van der Waals surface area contributed by atoms with Crippen molar-refractivity contribution in [2.45, 2.75) is 187 Å². The average Bonchev–Trinajstić information content (AvgIpc) is 3.15. The first-order valence-electron chi connectivity index (χ1n) is 21.5. The van der Waals surface area contributed by atoms with Crippen LogP contribution in [0.2, 0.25) is 0 Å². The molecular weight excluding hydrogens is 663 g/mol. The van der Waals surface area contributed by atoms with Crippen LogP contribution in [0.5, 0.6) is 0 Å². The topological polar surface area (TPSA) is 106 Å². The molecule has 0 rings (SSSR count). The maximum absolute atomic E-state index is 12.9. The lowest BCUT2D eigenvalue weighted by Crippen LogP contribution is -2.51. The molecule has 0 radical (unpaired) electrons. The molecule has 0 aliphatic rings. The van der Waals surface area contributed by atoms with Gasteiger partial charge in [0.1, 0.15) is 6.04 Å². The highest BCUT2D eigenvalue weighted by Crippen LogP contribution is 2.10. The molecule has 0 heterocycles. The number of ether oxygens (including phenoxy) is 2. The van der Waals surface area contributed by atoms with Gasteiger partial charge in [0.05, 0.1) is 19.3 Å². The van der Waals surface area contributed by atoms with E-state index in [4.69, 9.17) is 9.47 Å². The fourth-order valence-electron chi connectivity index (χ4n) is 5.68. The number of carbonyl (C=O) groups excluding carboxylic acids is 3. The highest BCUT2D eigenvalue weighted by atomic mass is 16.5. The number of amides is 2. The summed E-state index contributed by atoms with van der Waals surface area (Å²) in [4.78, 5) is 38.1. The van der Waals surface area contributed by atoms with Crippen molar-refractivity contribution in [1.29, 1.82) is 0 Å². The van der Waals surface area contributed by atoms with Crippen molar-refractivity contribution in [2.75, 3.05) is 33.4 Å². The van der Waals surface area contributed by atoms with E-state index in [0.29, 0.717) is 19.6 Å². The summed E-state index contributed by atoms with van der Waals surface area (Å²) < 4.78 is 10.7. The van der Waals surface area contributed by atoms with Gasteiger partial charge in [-0.3, -0.25) is 9.59 Å². The van der Waals surface area contributed by atoms with Crippen molar-refractivity contribution in [3.8, 4) is 0 Å². The van der Waals surface area contributed by atoms with Gasteiger partial charge in [0.2, 0.25) is 11.8 Å². The van der Waals surface area contributed by atoms with Gasteiger partial charge in [0, 0.05) is 26.6 Å². The van der Waals surface area contributed by atoms with Crippen molar-refractivity contribution in [3.63, 3.8) is 0 Å². The number of esters is 1. The van der Waals surface area contributed by atoms with E-state index in [-0.39, 0.29) is 31.0 Å². The predicted octanol–water partition coefficient (Wildman–Crippen LogP) is 10.4. The number of hydrogen-bond donors (Lipinski definition) is 3. The summed E-state index contributed by atoms with van der Waals surface area (Å²) in [5, 5.41) is 8.62. The number of carbonyl (C=O) groups is 3. The van der Waals surface area contributed by atoms with Crippen molar-refractivity contribution in [3.05, 3.63) is 48.6 Å². The molecule has 0 saturated carbocycles. The van der Waals surface area contributed by atoms with E-state index in [0.717, 1.165) is 70.6 Å². The highest BCUT2D eigenvalue weighted by molar-refractivity contribution is 5.86. The molecule has 1 unspecified atom stereocenters. The zero-order valence-corrected chi connectivity index (χ0v) is 34.6. The first-order chi connectivity index (χ1) is 25.9. The second kappa shape index (κ2) is 40.5. The molecule has 0 saturated heterocycles. The Morgan fingerprint density at radius 3 is 1.55 bits per heavy atom. The molecule has 0 bridgehead atoms. The Morgan fingerprint density at radius 1 is 0.566 bits per heavy atom. The van der Waals surface area contributed by atoms with Gasteiger partial charge in [-0.2, -0.15) is 0 Å². The van der Waals surface area contributed by atoms with E-state index in [9.17, 15) is 14.4 Å². The fourth-order valence-corrected chi connectivity index (χ4v) is 5.68. The number of nitrogens with one attached hydrogen (secondary N) is 3. The van der Waals surface area contributed by atoms with Crippen molar-refractivity contribution in [1.82, 2.24) is 16.0 Å². The summed E-state index contributed by atoms with van der Waals surface area (Å²) in [6.45, 7) is 7.26.